The molecule has 4 heteroatoms. The highest BCUT2D eigenvalue weighted by Crippen LogP contribution is 2.69. The highest BCUT2D eigenvalue weighted by atomic mass is 16.4. The first-order valence-electron chi connectivity index (χ1n) is 12.7. The van der Waals surface area contributed by atoms with E-state index in [1.807, 2.05) is 0 Å². The monoisotopic (exact) mass is 420 g/mol. The van der Waals surface area contributed by atoms with Gasteiger partial charge in [0.05, 0.1) is 12.2 Å². The quantitative estimate of drug-likeness (QED) is 0.577. The van der Waals surface area contributed by atoms with Crippen molar-refractivity contribution in [3.63, 3.8) is 0 Å². The lowest BCUT2D eigenvalue weighted by atomic mass is 9.41. The number of hydrogen-bond acceptors (Lipinski definition) is 3. The van der Waals surface area contributed by atoms with Gasteiger partial charge >= 0.3 is 5.97 Å². The van der Waals surface area contributed by atoms with Crippen LogP contribution in [-0.4, -0.2) is 33.5 Å². The Bertz CT molecular complexity index is 649. The molecule has 0 heterocycles. The Labute approximate surface area is 182 Å². The maximum atomic E-state index is 11.7. The van der Waals surface area contributed by atoms with Crippen molar-refractivity contribution in [1.82, 2.24) is 0 Å². The lowest BCUT2D eigenvalue weighted by Crippen LogP contribution is -2.62. The number of carboxylic acid groups (broad SMARTS) is 1. The molecule has 0 aromatic rings. The second kappa shape index (κ2) is 8.06. The molecule has 0 saturated heterocycles. The van der Waals surface area contributed by atoms with Gasteiger partial charge in [-0.1, -0.05) is 34.1 Å². The maximum Gasteiger partial charge on any atom is 0.303 e. The molecule has 4 aliphatic carbocycles. The van der Waals surface area contributed by atoms with Gasteiger partial charge in [-0.25, -0.2) is 0 Å². The predicted molar refractivity (Wildman–Crippen MR) is 118 cm³/mol. The minimum absolute atomic E-state index is 0.194. The highest BCUT2D eigenvalue weighted by molar-refractivity contribution is 5.66. The number of fused-ring (bicyclic) bond motifs is 5. The molecule has 0 bridgehead atoms. The Kier molecular flexibility index (Phi) is 6.07. The molecule has 4 saturated carbocycles. The third-order valence-corrected chi connectivity index (χ3v) is 11.0. The summed E-state index contributed by atoms with van der Waals surface area (Å²) in [5.41, 5.74) is 0.480. The van der Waals surface area contributed by atoms with Crippen LogP contribution in [0.15, 0.2) is 0 Å². The van der Waals surface area contributed by atoms with Crippen LogP contribution < -0.4 is 0 Å². The van der Waals surface area contributed by atoms with Gasteiger partial charge in [-0.05, 0) is 104 Å². The summed E-state index contributed by atoms with van der Waals surface area (Å²) >= 11 is 0. The predicted octanol–water partition coefficient (Wildman–Crippen LogP) is 5.11. The van der Waals surface area contributed by atoms with E-state index in [1.165, 1.54) is 25.7 Å². The molecule has 0 spiro atoms. The summed E-state index contributed by atoms with van der Waals surface area (Å²) in [6, 6.07) is 0. The van der Waals surface area contributed by atoms with Crippen LogP contribution in [0.25, 0.3) is 0 Å². The minimum atomic E-state index is -0.683. The van der Waals surface area contributed by atoms with E-state index < -0.39 is 5.97 Å². The number of rotatable bonds is 5. The number of aliphatic hydroxyl groups excluding tert-OH is 2. The number of carbonyl (C=O) groups is 1. The van der Waals surface area contributed by atoms with Crippen molar-refractivity contribution >= 4 is 5.97 Å². The average molecular weight is 421 g/mol. The van der Waals surface area contributed by atoms with Crippen molar-refractivity contribution in [3.05, 3.63) is 0 Å². The summed E-state index contributed by atoms with van der Waals surface area (Å²) in [7, 11) is 0. The molecule has 11 atom stereocenters. The van der Waals surface area contributed by atoms with E-state index in [0.717, 1.165) is 32.1 Å². The van der Waals surface area contributed by atoms with Crippen molar-refractivity contribution in [3.8, 4) is 0 Å². The van der Waals surface area contributed by atoms with E-state index in [-0.39, 0.29) is 29.5 Å². The zero-order chi connectivity index (χ0) is 21.8. The van der Waals surface area contributed by atoms with Crippen LogP contribution in [0, 0.1) is 52.3 Å². The molecule has 30 heavy (non-hydrogen) atoms. The van der Waals surface area contributed by atoms with Crippen LogP contribution in [0.3, 0.4) is 0 Å². The van der Waals surface area contributed by atoms with Crippen molar-refractivity contribution in [2.24, 2.45) is 52.3 Å². The van der Waals surface area contributed by atoms with E-state index in [9.17, 15) is 15.0 Å². The van der Waals surface area contributed by atoms with Gasteiger partial charge in [-0.3, -0.25) is 4.79 Å². The molecule has 4 fully saturated rings. The number of aliphatic carboxylic acids is 1. The number of carboxylic acids is 1. The molecular weight excluding hydrogens is 376 g/mol. The first-order valence-corrected chi connectivity index (χ1v) is 12.7. The molecular formula is C26H44O4. The summed E-state index contributed by atoms with van der Waals surface area (Å²) in [6.45, 7) is 9.44. The molecule has 0 radical (unpaired) electrons. The molecule has 0 amide bonds. The maximum absolute atomic E-state index is 11.7. The van der Waals surface area contributed by atoms with E-state index in [2.05, 4.69) is 27.7 Å². The van der Waals surface area contributed by atoms with E-state index in [0.29, 0.717) is 41.4 Å². The van der Waals surface area contributed by atoms with Gasteiger partial charge in [0.2, 0.25) is 0 Å². The topological polar surface area (TPSA) is 77.8 Å². The molecule has 0 aromatic heterocycles. The fraction of sp³-hybridized carbons (Fsp3) is 0.962. The van der Waals surface area contributed by atoms with Gasteiger partial charge in [0.1, 0.15) is 0 Å². The van der Waals surface area contributed by atoms with E-state index >= 15 is 0 Å². The lowest BCUT2D eigenvalue weighted by molar-refractivity contribution is -0.203. The van der Waals surface area contributed by atoms with Crippen molar-refractivity contribution in [1.29, 1.82) is 0 Å². The van der Waals surface area contributed by atoms with Crippen LogP contribution in [0.1, 0.15) is 91.9 Å². The normalized spacial score (nSPS) is 51.5. The molecule has 0 unspecified atom stereocenters. The summed E-state index contributed by atoms with van der Waals surface area (Å²) in [6.07, 6.45) is 9.27. The molecule has 0 aliphatic heterocycles. The summed E-state index contributed by atoms with van der Waals surface area (Å²) < 4.78 is 0. The Balaban J connectivity index is 1.61. The zero-order valence-electron chi connectivity index (χ0n) is 19.5. The van der Waals surface area contributed by atoms with Gasteiger partial charge in [0.15, 0.2) is 0 Å². The van der Waals surface area contributed by atoms with Crippen LogP contribution in [0.4, 0.5) is 0 Å². The first kappa shape index (κ1) is 22.6. The molecule has 4 aliphatic rings. The SMILES string of the molecule is CC[C@H]1[C@@H](O)[C@H]2[C@H]3CC[C@@H]([C@@H](C)CCC(=O)O)[C@@]3(C)CC[C@@H]2[C@@]2(C)CC[C@@H](O)C[C@@H]12. The van der Waals surface area contributed by atoms with Gasteiger partial charge in [-0.2, -0.15) is 0 Å². The fourth-order valence-electron chi connectivity index (χ4n) is 9.48. The standard InChI is InChI=1S/C26H44O4/c1-5-17-21-14-16(27)10-12-26(21,4)20-11-13-25(3)18(15(2)6-9-22(28)29)7-8-19(25)23(20)24(17)30/h15-21,23-24,27,30H,5-14H2,1-4H3,(H,28,29)/t15-,16+,17+,18-,19+,20-,21-,23-,24+,25+,26+/m0/s1. The average Bonchev–Trinajstić information content (AvgIpc) is 3.05. The smallest absolute Gasteiger partial charge is 0.303 e. The van der Waals surface area contributed by atoms with Crippen LogP contribution in [0.2, 0.25) is 0 Å². The minimum Gasteiger partial charge on any atom is -0.481 e. The lowest BCUT2D eigenvalue weighted by Gasteiger charge is -2.64. The number of hydrogen-bond donors (Lipinski definition) is 3. The van der Waals surface area contributed by atoms with Crippen molar-refractivity contribution in [2.45, 2.75) is 104 Å². The van der Waals surface area contributed by atoms with Gasteiger partial charge < -0.3 is 15.3 Å². The van der Waals surface area contributed by atoms with Gasteiger partial charge in [0.25, 0.3) is 0 Å². The Morgan fingerprint density at radius 2 is 1.67 bits per heavy atom. The van der Waals surface area contributed by atoms with E-state index in [1.54, 1.807) is 0 Å². The zero-order valence-corrected chi connectivity index (χ0v) is 19.5. The molecule has 4 rings (SSSR count). The Morgan fingerprint density at radius 3 is 2.33 bits per heavy atom. The summed E-state index contributed by atoms with van der Waals surface area (Å²) in [4.78, 5) is 11.1. The van der Waals surface area contributed by atoms with Crippen molar-refractivity contribution in [2.75, 3.05) is 0 Å². The Morgan fingerprint density at radius 1 is 1.00 bits per heavy atom. The van der Waals surface area contributed by atoms with Gasteiger partial charge in [-0.15, -0.1) is 0 Å². The molecule has 4 nitrogen and oxygen atoms in total. The molecule has 0 aromatic carbocycles. The Hall–Kier alpha value is -0.610. The van der Waals surface area contributed by atoms with Crippen LogP contribution in [-0.2, 0) is 4.79 Å². The third-order valence-electron chi connectivity index (χ3n) is 11.0. The van der Waals surface area contributed by atoms with Crippen molar-refractivity contribution < 1.29 is 20.1 Å². The molecule has 172 valence electrons. The summed E-state index contributed by atoms with van der Waals surface area (Å²) in [5, 5.41) is 31.3. The second-order valence-corrected chi connectivity index (χ2v) is 12.0. The molecule has 3 N–H and O–H groups in total. The van der Waals surface area contributed by atoms with Gasteiger partial charge in [0, 0.05) is 6.42 Å². The van der Waals surface area contributed by atoms with Crippen LogP contribution in [0.5, 0.6) is 0 Å². The largest absolute Gasteiger partial charge is 0.481 e. The second-order valence-electron chi connectivity index (χ2n) is 12.0. The van der Waals surface area contributed by atoms with Crippen LogP contribution >= 0.6 is 0 Å². The third kappa shape index (κ3) is 3.36. The first-order chi connectivity index (χ1) is 14.1. The highest BCUT2D eigenvalue weighted by Gasteiger charge is 2.64. The fourth-order valence-corrected chi connectivity index (χ4v) is 9.48. The van der Waals surface area contributed by atoms with E-state index in [4.69, 9.17) is 5.11 Å². The summed E-state index contributed by atoms with van der Waals surface area (Å²) in [5.74, 6) is 2.58. The number of aliphatic hydroxyl groups is 2.